The molecule has 35 heavy (non-hydrogen) atoms. The predicted octanol–water partition coefficient (Wildman–Crippen LogP) is 5.47. The lowest BCUT2D eigenvalue weighted by molar-refractivity contribution is -0.192. The van der Waals surface area contributed by atoms with Crippen molar-refractivity contribution in [2.45, 2.75) is 31.4 Å². The zero-order chi connectivity index (χ0) is 25.8. The molecule has 0 spiro atoms. The van der Waals surface area contributed by atoms with Crippen molar-refractivity contribution in [2.24, 2.45) is 10.9 Å². The van der Waals surface area contributed by atoms with E-state index in [0.29, 0.717) is 0 Å². The Balaban J connectivity index is 0.000000540. The fourth-order valence-electron chi connectivity index (χ4n) is 3.41. The van der Waals surface area contributed by atoms with Crippen LogP contribution in [-0.2, 0) is 16.0 Å². The third-order valence-corrected chi connectivity index (χ3v) is 5.11. The van der Waals surface area contributed by atoms with Gasteiger partial charge < -0.3 is 16.1 Å². The number of hydrogen-bond donors (Lipinski definition) is 3. The summed E-state index contributed by atoms with van der Waals surface area (Å²) in [7, 11) is 0. The molecule has 0 saturated carbocycles. The van der Waals surface area contributed by atoms with Crippen molar-refractivity contribution < 1.29 is 33.0 Å². The van der Waals surface area contributed by atoms with E-state index in [1.807, 2.05) is 42.5 Å². The monoisotopic (exact) mass is 486 g/mol. The van der Waals surface area contributed by atoms with Crippen LogP contribution in [-0.4, -0.2) is 34.5 Å². The van der Waals surface area contributed by atoms with Gasteiger partial charge in [0, 0.05) is 0 Å². The number of benzene rings is 3. The fourth-order valence-corrected chi connectivity index (χ4v) is 3.41. The van der Waals surface area contributed by atoms with Crippen LogP contribution >= 0.6 is 0 Å². The first-order chi connectivity index (χ1) is 16.6. The molecule has 0 fully saturated rings. The highest BCUT2D eigenvalue weighted by atomic mass is 19.4. The Labute approximate surface area is 200 Å². The molecule has 1 unspecified atom stereocenters. The van der Waals surface area contributed by atoms with Crippen molar-refractivity contribution >= 4 is 18.2 Å². The lowest BCUT2D eigenvalue weighted by Crippen LogP contribution is -2.21. The number of halogens is 3. The van der Waals surface area contributed by atoms with E-state index < -0.39 is 18.1 Å². The Morgan fingerprint density at radius 1 is 0.914 bits per heavy atom. The average Bonchev–Trinajstić information content (AvgIpc) is 2.83. The maximum atomic E-state index is 11.4. The number of carboxylic acids is 2. The number of nitrogens with zero attached hydrogens (tertiary/aromatic N) is 1. The number of hydrazone groups is 1. The average molecular weight is 486 g/mol. The molecule has 3 aromatic rings. The van der Waals surface area contributed by atoms with Crippen molar-refractivity contribution in [3.05, 3.63) is 95.6 Å². The largest absolute Gasteiger partial charge is 0.490 e. The number of carbonyl (C=O) groups is 2. The van der Waals surface area contributed by atoms with Crippen LogP contribution in [0.5, 0.6) is 0 Å². The van der Waals surface area contributed by atoms with E-state index in [-0.39, 0.29) is 12.3 Å². The summed E-state index contributed by atoms with van der Waals surface area (Å²) in [5.74, 6) is 1.63. The quantitative estimate of drug-likeness (QED) is 0.222. The summed E-state index contributed by atoms with van der Waals surface area (Å²) in [6, 6.07) is 26.5. The third kappa shape index (κ3) is 9.32. The van der Waals surface area contributed by atoms with Gasteiger partial charge in [0.1, 0.15) is 0 Å². The fraction of sp³-hybridized carbons (Fsp3) is 0.192. The second kappa shape index (κ2) is 12.9. The van der Waals surface area contributed by atoms with E-state index >= 15 is 0 Å². The van der Waals surface area contributed by atoms with Crippen LogP contribution in [0.3, 0.4) is 0 Å². The van der Waals surface area contributed by atoms with Crippen LogP contribution in [0, 0.1) is 0 Å². The number of carboxylic acid groups (broad SMARTS) is 2. The molecule has 0 radical (unpaired) electrons. The maximum Gasteiger partial charge on any atom is 0.490 e. The SMILES string of the molecule is NN=Cc1cccc(C(CCc2ccc(-c3ccccc3)cc2)CC(=O)O)c1.O=C(O)C(F)(F)F. The lowest BCUT2D eigenvalue weighted by atomic mass is 9.88. The topological polar surface area (TPSA) is 113 Å². The molecule has 6 nitrogen and oxygen atoms in total. The number of aliphatic carboxylic acids is 2. The summed E-state index contributed by atoms with van der Waals surface area (Å²) in [6.45, 7) is 0. The van der Waals surface area contributed by atoms with E-state index in [4.69, 9.17) is 15.7 Å². The van der Waals surface area contributed by atoms with Gasteiger partial charge in [-0.3, -0.25) is 4.79 Å². The molecule has 0 heterocycles. The van der Waals surface area contributed by atoms with Crippen LogP contribution in [0.25, 0.3) is 11.1 Å². The first kappa shape index (κ1) is 27.1. The van der Waals surface area contributed by atoms with E-state index in [1.54, 1.807) is 6.21 Å². The number of rotatable bonds is 8. The van der Waals surface area contributed by atoms with E-state index in [0.717, 1.165) is 24.0 Å². The molecule has 9 heteroatoms. The molecule has 0 aliphatic heterocycles. The number of alkyl halides is 3. The van der Waals surface area contributed by atoms with Crippen LogP contribution in [0.2, 0.25) is 0 Å². The first-order valence-corrected chi connectivity index (χ1v) is 10.6. The van der Waals surface area contributed by atoms with Gasteiger partial charge >= 0.3 is 18.1 Å². The van der Waals surface area contributed by atoms with Crippen molar-refractivity contribution in [2.75, 3.05) is 0 Å². The van der Waals surface area contributed by atoms with Crippen molar-refractivity contribution in [3.63, 3.8) is 0 Å². The van der Waals surface area contributed by atoms with Gasteiger partial charge in [-0.15, -0.1) is 0 Å². The number of aryl methyl sites for hydroxylation is 1. The van der Waals surface area contributed by atoms with Crippen LogP contribution < -0.4 is 5.84 Å². The Hall–Kier alpha value is -4.14. The molecular weight excluding hydrogens is 461 g/mol. The molecule has 3 aromatic carbocycles. The molecular formula is C26H25F3N2O4. The summed E-state index contributed by atoms with van der Waals surface area (Å²) in [6.07, 6.45) is -1.82. The molecule has 0 aromatic heterocycles. The highest BCUT2D eigenvalue weighted by molar-refractivity contribution is 5.79. The Bertz CT molecular complexity index is 1130. The van der Waals surface area contributed by atoms with Crippen molar-refractivity contribution in [1.29, 1.82) is 0 Å². The molecule has 0 amide bonds. The summed E-state index contributed by atoms with van der Waals surface area (Å²) < 4.78 is 31.7. The normalized spacial score (nSPS) is 12.0. The smallest absolute Gasteiger partial charge is 0.481 e. The Kier molecular flexibility index (Phi) is 10.0. The number of nitrogens with two attached hydrogens (primary N) is 1. The summed E-state index contributed by atoms with van der Waals surface area (Å²) in [5, 5.41) is 20.0. The molecule has 4 N–H and O–H groups in total. The number of hydrogen-bond acceptors (Lipinski definition) is 4. The van der Waals surface area contributed by atoms with Gasteiger partial charge in [0.05, 0.1) is 12.6 Å². The highest BCUT2D eigenvalue weighted by Gasteiger charge is 2.38. The minimum Gasteiger partial charge on any atom is -0.481 e. The zero-order valence-corrected chi connectivity index (χ0v) is 18.7. The van der Waals surface area contributed by atoms with Gasteiger partial charge in [-0.1, -0.05) is 72.8 Å². The highest BCUT2D eigenvalue weighted by Crippen LogP contribution is 2.27. The van der Waals surface area contributed by atoms with Crippen molar-refractivity contribution in [3.8, 4) is 11.1 Å². The summed E-state index contributed by atoms with van der Waals surface area (Å²) in [5.41, 5.74) is 5.45. The molecule has 0 saturated heterocycles. The minimum atomic E-state index is -5.08. The molecule has 184 valence electrons. The van der Waals surface area contributed by atoms with Gasteiger partial charge in [0.15, 0.2) is 0 Å². The first-order valence-electron chi connectivity index (χ1n) is 10.6. The zero-order valence-electron chi connectivity index (χ0n) is 18.7. The molecule has 0 aliphatic carbocycles. The van der Waals surface area contributed by atoms with Gasteiger partial charge in [0.2, 0.25) is 0 Å². The Morgan fingerprint density at radius 2 is 1.51 bits per heavy atom. The van der Waals surface area contributed by atoms with Crippen LogP contribution in [0.1, 0.15) is 35.4 Å². The summed E-state index contributed by atoms with van der Waals surface area (Å²) >= 11 is 0. The van der Waals surface area contributed by atoms with Gasteiger partial charge in [-0.2, -0.15) is 18.3 Å². The van der Waals surface area contributed by atoms with Crippen LogP contribution in [0.4, 0.5) is 13.2 Å². The van der Waals surface area contributed by atoms with Gasteiger partial charge in [-0.05, 0) is 52.6 Å². The van der Waals surface area contributed by atoms with E-state index in [9.17, 15) is 23.1 Å². The van der Waals surface area contributed by atoms with Crippen molar-refractivity contribution in [1.82, 2.24) is 0 Å². The minimum absolute atomic E-state index is 0.0579. The summed E-state index contributed by atoms with van der Waals surface area (Å²) in [4.78, 5) is 20.3. The molecule has 3 rings (SSSR count). The third-order valence-electron chi connectivity index (χ3n) is 5.11. The predicted molar refractivity (Wildman–Crippen MR) is 127 cm³/mol. The second-order valence-corrected chi connectivity index (χ2v) is 7.65. The Morgan fingerprint density at radius 3 is 2.06 bits per heavy atom. The van der Waals surface area contributed by atoms with E-state index in [2.05, 4.69) is 41.5 Å². The van der Waals surface area contributed by atoms with Gasteiger partial charge in [-0.25, -0.2) is 4.79 Å². The molecule has 0 aliphatic rings. The lowest BCUT2D eigenvalue weighted by Gasteiger charge is -2.16. The van der Waals surface area contributed by atoms with Gasteiger partial charge in [0.25, 0.3) is 0 Å². The van der Waals surface area contributed by atoms with Crippen LogP contribution in [0.15, 0.2) is 84.0 Å². The van der Waals surface area contributed by atoms with E-state index in [1.165, 1.54) is 16.7 Å². The molecule has 1 atom stereocenters. The maximum absolute atomic E-state index is 11.4. The second-order valence-electron chi connectivity index (χ2n) is 7.65. The standard InChI is InChI=1S/C24H24N2O2.C2HF3O2/c25-26-17-19-5-4-8-22(15-19)23(16-24(27)28)14-11-18-9-12-21(13-10-18)20-6-2-1-3-7-20;3-2(4,5)1(6)7/h1-10,12-13,15,17,23H,11,14,16,25H2,(H,27,28);(H,6,7). The molecule has 0 bridgehead atoms.